The minimum Gasteiger partial charge on any atom is -0.332 e. The quantitative estimate of drug-likeness (QED) is 0.608. The van der Waals surface area contributed by atoms with E-state index in [0.717, 1.165) is 4.90 Å². The van der Waals surface area contributed by atoms with Crippen molar-refractivity contribution in [3.63, 3.8) is 0 Å². The summed E-state index contributed by atoms with van der Waals surface area (Å²) >= 11 is 0. The zero-order chi connectivity index (χ0) is 13.1. The van der Waals surface area contributed by atoms with Crippen LogP contribution in [0.1, 0.15) is 0 Å². The smallest absolute Gasteiger partial charge is 0.279 e. The van der Waals surface area contributed by atoms with Crippen molar-refractivity contribution in [2.45, 2.75) is 4.90 Å². The van der Waals surface area contributed by atoms with Crippen molar-refractivity contribution in [1.29, 1.82) is 0 Å². The monoisotopic (exact) mass is 258 g/mol. The summed E-state index contributed by atoms with van der Waals surface area (Å²) in [6.45, 7) is 0.344. The van der Waals surface area contributed by atoms with Crippen LogP contribution in [0.4, 0.5) is 5.69 Å². The number of primary sulfonamides is 1. The average Bonchev–Trinajstić information content (AvgIpc) is 2.15. The predicted molar refractivity (Wildman–Crippen MR) is 64.1 cm³/mol. The number of nitrogens with two attached hydrogens (primary N) is 1. The topological polar surface area (TPSA) is 93.7 Å². The summed E-state index contributed by atoms with van der Waals surface area (Å²) in [6.07, 6.45) is 0. The van der Waals surface area contributed by atoms with Crippen LogP contribution in [-0.4, -0.2) is 35.0 Å². The first-order valence-electron chi connectivity index (χ1n) is 5.01. The van der Waals surface area contributed by atoms with Gasteiger partial charge < -0.3 is 10.2 Å². The molecular formula is C10H16N3O3S+. The van der Waals surface area contributed by atoms with Crippen LogP contribution in [0.2, 0.25) is 0 Å². The predicted octanol–water partition coefficient (Wildman–Crippen LogP) is -1.58. The molecule has 7 heteroatoms. The second-order valence-electron chi connectivity index (χ2n) is 4.00. The van der Waals surface area contributed by atoms with Crippen LogP contribution in [0.15, 0.2) is 29.2 Å². The molecule has 0 aliphatic heterocycles. The zero-order valence-corrected chi connectivity index (χ0v) is 10.5. The van der Waals surface area contributed by atoms with Crippen LogP contribution >= 0.6 is 0 Å². The maximum Gasteiger partial charge on any atom is 0.279 e. The molecule has 1 aromatic carbocycles. The summed E-state index contributed by atoms with van der Waals surface area (Å²) in [4.78, 5) is 12.5. The molecule has 17 heavy (non-hydrogen) atoms. The van der Waals surface area contributed by atoms with Crippen molar-refractivity contribution < 1.29 is 18.1 Å². The summed E-state index contributed by atoms with van der Waals surface area (Å²) < 4.78 is 22.0. The number of rotatable bonds is 4. The Kier molecular flexibility index (Phi) is 4.22. The highest BCUT2D eigenvalue weighted by atomic mass is 32.2. The van der Waals surface area contributed by atoms with Gasteiger partial charge in [0.05, 0.1) is 19.0 Å². The van der Waals surface area contributed by atoms with Gasteiger partial charge in [-0.15, -0.1) is 0 Å². The maximum atomic E-state index is 11.4. The van der Waals surface area contributed by atoms with Crippen molar-refractivity contribution in [2.24, 2.45) is 5.14 Å². The molecule has 0 saturated heterocycles. The number of carbonyl (C=O) groups is 1. The van der Waals surface area contributed by atoms with Crippen molar-refractivity contribution in [3.8, 4) is 0 Å². The third-order valence-corrected chi connectivity index (χ3v) is 2.91. The number of sulfonamides is 1. The number of nitrogens with one attached hydrogen (secondary N) is 2. The number of amides is 1. The highest BCUT2D eigenvalue weighted by molar-refractivity contribution is 7.89. The number of hydrogen-bond donors (Lipinski definition) is 3. The van der Waals surface area contributed by atoms with E-state index in [9.17, 15) is 13.2 Å². The number of anilines is 1. The SMILES string of the molecule is C[NH+](C)CC(=O)Nc1ccc(S(N)(=O)=O)cc1. The van der Waals surface area contributed by atoms with Gasteiger partial charge in [0, 0.05) is 5.69 Å². The molecule has 6 nitrogen and oxygen atoms in total. The molecule has 0 atom stereocenters. The molecule has 1 amide bonds. The maximum absolute atomic E-state index is 11.4. The van der Waals surface area contributed by atoms with Crippen molar-refractivity contribution in [1.82, 2.24) is 0 Å². The van der Waals surface area contributed by atoms with Gasteiger partial charge in [-0.1, -0.05) is 0 Å². The minimum absolute atomic E-state index is 0.0220. The molecule has 0 aliphatic carbocycles. The van der Waals surface area contributed by atoms with Gasteiger partial charge in [-0.3, -0.25) is 4.79 Å². The van der Waals surface area contributed by atoms with Gasteiger partial charge in [-0.2, -0.15) is 0 Å². The second-order valence-corrected chi connectivity index (χ2v) is 5.56. The highest BCUT2D eigenvalue weighted by Crippen LogP contribution is 2.12. The van der Waals surface area contributed by atoms with Gasteiger partial charge in [0.15, 0.2) is 6.54 Å². The van der Waals surface area contributed by atoms with Gasteiger partial charge in [0.25, 0.3) is 5.91 Å². The van der Waals surface area contributed by atoms with Gasteiger partial charge in [0.1, 0.15) is 0 Å². The van der Waals surface area contributed by atoms with Crippen LogP contribution in [0, 0.1) is 0 Å². The van der Waals surface area contributed by atoms with E-state index < -0.39 is 10.0 Å². The molecule has 0 saturated carbocycles. The Balaban J connectivity index is 2.73. The average molecular weight is 258 g/mol. The van der Waals surface area contributed by atoms with Crippen LogP contribution < -0.4 is 15.4 Å². The molecule has 0 bridgehead atoms. The molecule has 0 aliphatic rings. The molecule has 0 unspecified atom stereocenters. The fraction of sp³-hybridized carbons (Fsp3) is 0.300. The first-order valence-corrected chi connectivity index (χ1v) is 6.55. The van der Waals surface area contributed by atoms with Crippen molar-refractivity contribution >= 4 is 21.6 Å². The third-order valence-electron chi connectivity index (χ3n) is 1.98. The molecule has 0 fully saturated rings. The number of carbonyl (C=O) groups excluding carboxylic acids is 1. The van der Waals surface area contributed by atoms with Crippen LogP contribution in [0.25, 0.3) is 0 Å². The van der Waals surface area contributed by atoms with E-state index in [4.69, 9.17) is 5.14 Å². The summed E-state index contributed by atoms with van der Waals surface area (Å²) in [5.41, 5.74) is 0.545. The van der Waals surface area contributed by atoms with E-state index in [1.807, 2.05) is 14.1 Å². The number of benzene rings is 1. The van der Waals surface area contributed by atoms with Crippen molar-refractivity contribution in [3.05, 3.63) is 24.3 Å². The van der Waals surface area contributed by atoms with E-state index >= 15 is 0 Å². The molecule has 0 aromatic heterocycles. The lowest BCUT2D eigenvalue weighted by atomic mass is 10.3. The first kappa shape index (κ1) is 13.6. The third kappa shape index (κ3) is 4.51. The van der Waals surface area contributed by atoms with Crippen LogP contribution in [0.3, 0.4) is 0 Å². The summed E-state index contributed by atoms with van der Waals surface area (Å²) in [5.74, 6) is -0.131. The van der Waals surface area contributed by atoms with Gasteiger partial charge in [-0.25, -0.2) is 13.6 Å². The molecule has 1 rings (SSSR count). The zero-order valence-electron chi connectivity index (χ0n) is 9.73. The Hall–Kier alpha value is -1.44. The molecule has 0 spiro atoms. The Morgan fingerprint density at radius 2 is 1.82 bits per heavy atom. The first-order chi connectivity index (χ1) is 7.79. The summed E-state index contributed by atoms with van der Waals surface area (Å²) in [6, 6.07) is 5.71. The fourth-order valence-corrected chi connectivity index (χ4v) is 1.77. The van der Waals surface area contributed by atoms with E-state index in [2.05, 4.69) is 5.32 Å². The Labute approximate surface area is 100 Å². The Morgan fingerprint density at radius 1 is 1.29 bits per heavy atom. The second kappa shape index (κ2) is 5.26. The lowest BCUT2D eigenvalue weighted by molar-refractivity contribution is -0.849. The molecule has 94 valence electrons. The lowest BCUT2D eigenvalue weighted by Gasteiger charge is -2.08. The fourth-order valence-electron chi connectivity index (χ4n) is 1.25. The number of likely N-dealkylation sites (N-methyl/N-ethyl adjacent to an activating group) is 1. The normalized spacial score (nSPS) is 11.5. The van der Waals surface area contributed by atoms with Gasteiger partial charge >= 0.3 is 0 Å². The Morgan fingerprint density at radius 3 is 2.24 bits per heavy atom. The van der Waals surface area contributed by atoms with E-state index in [1.54, 1.807) is 0 Å². The number of quaternary nitrogens is 1. The van der Waals surface area contributed by atoms with Crippen molar-refractivity contribution in [2.75, 3.05) is 26.0 Å². The number of hydrogen-bond acceptors (Lipinski definition) is 3. The van der Waals surface area contributed by atoms with Gasteiger partial charge in [0.2, 0.25) is 10.0 Å². The molecule has 4 N–H and O–H groups in total. The standard InChI is InChI=1S/C10H15N3O3S/c1-13(2)7-10(14)12-8-3-5-9(6-4-8)17(11,15)16/h3-6H,7H2,1-2H3,(H,12,14)(H2,11,15,16)/p+1. The lowest BCUT2D eigenvalue weighted by Crippen LogP contribution is -3.06. The van der Waals surface area contributed by atoms with E-state index in [0.29, 0.717) is 12.2 Å². The molecule has 1 aromatic rings. The molecule has 0 heterocycles. The van der Waals surface area contributed by atoms with E-state index in [-0.39, 0.29) is 10.8 Å². The van der Waals surface area contributed by atoms with Crippen LogP contribution in [-0.2, 0) is 14.8 Å². The minimum atomic E-state index is -3.68. The van der Waals surface area contributed by atoms with E-state index in [1.165, 1.54) is 24.3 Å². The molecular weight excluding hydrogens is 242 g/mol. The largest absolute Gasteiger partial charge is 0.332 e. The Bertz CT molecular complexity index is 494. The van der Waals surface area contributed by atoms with Crippen LogP contribution in [0.5, 0.6) is 0 Å². The summed E-state index contributed by atoms with van der Waals surface area (Å²) in [5, 5.41) is 7.61. The highest BCUT2D eigenvalue weighted by Gasteiger charge is 2.09. The van der Waals surface area contributed by atoms with Gasteiger partial charge in [-0.05, 0) is 24.3 Å². The molecule has 0 radical (unpaired) electrons. The summed E-state index contributed by atoms with van der Waals surface area (Å²) in [7, 11) is 0.0456.